The molecule has 1 heterocycles. The van der Waals surface area contributed by atoms with Crippen LogP contribution in [0.2, 0.25) is 0 Å². The lowest BCUT2D eigenvalue weighted by molar-refractivity contribution is -0.151. The van der Waals surface area contributed by atoms with Crippen LogP contribution in [0.25, 0.3) is 0 Å². The molecule has 2 N–H and O–H groups in total. The van der Waals surface area contributed by atoms with Gasteiger partial charge in [0, 0.05) is 13.0 Å². The molecular formula is C14H16FNO5. The normalized spacial score (nSPS) is 22.9. The van der Waals surface area contributed by atoms with Crippen LogP contribution >= 0.6 is 0 Å². The highest BCUT2D eigenvalue weighted by molar-refractivity contribution is 5.87. The lowest BCUT2D eigenvalue weighted by Gasteiger charge is -2.25. The number of rotatable bonds is 4. The van der Waals surface area contributed by atoms with E-state index < -0.39 is 35.9 Å². The van der Waals surface area contributed by atoms with E-state index in [-0.39, 0.29) is 18.7 Å². The first-order valence-corrected chi connectivity index (χ1v) is 6.52. The molecule has 6 nitrogen and oxygen atoms in total. The lowest BCUT2D eigenvalue weighted by atomic mass is 10.2. The first-order chi connectivity index (χ1) is 9.90. The summed E-state index contributed by atoms with van der Waals surface area (Å²) in [6.45, 7) is 1.35. The Kier molecular flexibility index (Phi) is 4.42. The Morgan fingerprint density at radius 2 is 2.10 bits per heavy atom. The number of halogens is 1. The third-order valence-corrected chi connectivity index (χ3v) is 3.34. The van der Waals surface area contributed by atoms with E-state index in [1.165, 1.54) is 25.1 Å². The topological polar surface area (TPSA) is 87.1 Å². The molecule has 0 radical (unpaired) electrons. The number of hydrogen-bond acceptors (Lipinski definition) is 4. The number of aliphatic hydroxyl groups is 1. The average Bonchev–Trinajstić information content (AvgIpc) is 2.82. The van der Waals surface area contributed by atoms with Gasteiger partial charge in [-0.3, -0.25) is 4.79 Å². The molecule has 1 saturated heterocycles. The monoisotopic (exact) mass is 297 g/mol. The van der Waals surface area contributed by atoms with Gasteiger partial charge < -0.3 is 19.8 Å². The zero-order chi connectivity index (χ0) is 15.6. The third-order valence-electron chi connectivity index (χ3n) is 3.34. The Morgan fingerprint density at radius 3 is 2.71 bits per heavy atom. The first kappa shape index (κ1) is 15.2. The van der Waals surface area contributed by atoms with Crippen LogP contribution in [0.15, 0.2) is 24.3 Å². The molecule has 0 bridgehead atoms. The first-order valence-electron chi connectivity index (χ1n) is 6.52. The van der Waals surface area contributed by atoms with Crippen molar-refractivity contribution in [2.45, 2.75) is 31.6 Å². The summed E-state index contributed by atoms with van der Waals surface area (Å²) in [5.74, 6) is -2.46. The van der Waals surface area contributed by atoms with E-state index in [1.807, 2.05) is 0 Å². The minimum absolute atomic E-state index is 0.0203. The minimum atomic E-state index is -1.18. The number of carboxylic acid groups (broad SMARTS) is 1. The number of β-amino-alcohol motifs (C(OH)–C–C–N with tert-alkyl or cyclic N) is 1. The molecule has 2 unspecified atom stereocenters. The van der Waals surface area contributed by atoms with Gasteiger partial charge in [0.1, 0.15) is 6.04 Å². The van der Waals surface area contributed by atoms with Crippen LogP contribution in [0.3, 0.4) is 0 Å². The van der Waals surface area contributed by atoms with Gasteiger partial charge in [0.2, 0.25) is 0 Å². The van der Waals surface area contributed by atoms with Crippen molar-refractivity contribution in [3.63, 3.8) is 0 Å². The highest BCUT2D eigenvalue weighted by Crippen LogP contribution is 2.22. The van der Waals surface area contributed by atoms with Crippen LogP contribution in [0.4, 0.5) is 4.39 Å². The zero-order valence-corrected chi connectivity index (χ0v) is 11.4. The van der Waals surface area contributed by atoms with Gasteiger partial charge in [-0.05, 0) is 19.1 Å². The molecule has 0 aromatic heterocycles. The molecule has 0 aliphatic carbocycles. The largest absolute Gasteiger partial charge is 0.480 e. The van der Waals surface area contributed by atoms with Gasteiger partial charge in [0.05, 0.1) is 6.10 Å². The second-order valence-electron chi connectivity index (χ2n) is 4.92. The molecule has 114 valence electrons. The van der Waals surface area contributed by atoms with Crippen molar-refractivity contribution >= 4 is 11.9 Å². The summed E-state index contributed by atoms with van der Waals surface area (Å²) in [4.78, 5) is 24.4. The van der Waals surface area contributed by atoms with Gasteiger partial charge in [0.25, 0.3) is 5.91 Å². The number of benzene rings is 1. The number of carbonyl (C=O) groups is 2. The standard InChI is InChI=1S/C14H16FNO5/c1-8(21-12-5-3-2-4-10(12)15)13(18)16-7-9(17)6-11(16)14(19)20/h2-5,8-9,11,17H,6-7H2,1H3,(H,19,20)/t8?,9?,11-/m0/s1. The van der Waals surface area contributed by atoms with Crippen molar-refractivity contribution in [3.8, 4) is 5.75 Å². The Morgan fingerprint density at radius 1 is 1.43 bits per heavy atom. The fraction of sp³-hybridized carbons (Fsp3) is 0.429. The molecule has 3 atom stereocenters. The maximum atomic E-state index is 13.5. The molecular weight excluding hydrogens is 281 g/mol. The highest BCUT2D eigenvalue weighted by Gasteiger charge is 2.40. The van der Waals surface area contributed by atoms with Crippen molar-refractivity contribution in [3.05, 3.63) is 30.1 Å². The maximum absolute atomic E-state index is 13.5. The third kappa shape index (κ3) is 3.30. The molecule has 7 heteroatoms. The highest BCUT2D eigenvalue weighted by atomic mass is 19.1. The smallest absolute Gasteiger partial charge is 0.326 e. The van der Waals surface area contributed by atoms with Crippen molar-refractivity contribution in [2.24, 2.45) is 0 Å². The summed E-state index contributed by atoms with van der Waals surface area (Å²) < 4.78 is 18.7. The van der Waals surface area contributed by atoms with Gasteiger partial charge in [-0.15, -0.1) is 0 Å². The van der Waals surface area contributed by atoms with Crippen molar-refractivity contribution < 1.29 is 28.9 Å². The zero-order valence-electron chi connectivity index (χ0n) is 11.4. The van der Waals surface area contributed by atoms with E-state index >= 15 is 0 Å². The number of likely N-dealkylation sites (tertiary alicyclic amines) is 1. The van der Waals surface area contributed by atoms with E-state index in [1.54, 1.807) is 6.07 Å². The van der Waals surface area contributed by atoms with Crippen LogP contribution in [-0.4, -0.2) is 51.8 Å². The van der Waals surface area contributed by atoms with Gasteiger partial charge in [-0.25, -0.2) is 9.18 Å². The Balaban J connectivity index is 2.08. The SMILES string of the molecule is CC(Oc1ccccc1F)C(=O)N1CC(O)C[C@H]1C(=O)O. The van der Waals surface area contributed by atoms with Gasteiger partial charge in [0.15, 0.2) is 17.7 Å². The number of carboxylic acids is 1. The average molecular weight is 297 g/mol. The Bertz CT molecular complexity index is 550. The van der Waals surface area contributed by atoms with Crippen LogP contribution < -0.4 is 4.74 Å². The van der Waals surface area contributed by atoms with Crippen molar-refractivity contribution in [1.29, 1.82) is 0 Å². The predicted octanol–water partition coefficient (Wildman–Crippen LogP) is 0.639. The fourth-order valence-electron chi connectivity index (χ4n) is 2.31. The molecule has 1 amide bonds. The summed E-state index contributed by atoms with van der Waals surface area (Å²) in [7, 11) is 0. The van der Waals surface area contributed by atoms with Crippen molar-refractivity contribution in [2.75, 3.05) is 6.54 Å². The van der Waals surface area contributed by atoms with E-state index in [0.717, 1.165) is 4.90 Å². The fourth-order valence-corrected chi connectivity index (χ4v) is 2.31. The van der Waals surface area contributed by atoms with Crippen molar-refractivity contribution in [1.82, 2.24) is 4.90 Å². The van der Waals surface area contributed by atoms with Crippen LogP contribution in [0, 0.1) is 5.82 Å². The molecule has 1 aliphatic heterocycles. The number of aliphatic carboxylic acids is 1. The number of para-hydroxylation sites is 1. The van der Waals surface area contributed by atoms with Gasteiger partial charge in [-0.2, -0.15) is 0 Å². The number of amides is 1. The van der Waals surface area contributed by atoms with E-state index in [4.69, 9.17) is 9.84 Å². The summed E-state index contributed by atoms with van der Waals surface area (Å²) in [6, 6.07) is 4.55. The molecule has 0 spiro atoms. The van der Waals surface area contributed by atoms with Gasteiger partial charge >= 0.3 is 5.97 Å². The Labute approximate surface area is 120 Å². The molecule has 1 aromatic rings. The molecule has 1 aliphatic rings. The molecule has 0 saturated carbocycles. The number of ether oxygens (including phenoxy) is 1. The lowest BCUT2D eigenvalue weighted by Crippen LogP contribution is -2.46. The van der Waals surface area contributed by atoms with Crippen LogP contribution in [0.5, 0.6) is 5.75 Å². The summed E-state index contributed by atoms with van der Waals surface area (Å²) in [6.07, 6.45) is -1.95. The summed E-state index contributed by atoms with van der Waals surface area (Å²) >= 11 is 0. The quantitative estimate of drug-likeness (QED) is 0.851. The number of hydrogen-bond donors (Lipinski definition) is 2. The van der Waals surface area contributed by atoms with Gasteiger partial charge in [-0.1, -0.05) is 12.1 Å². The number of nitrogens with zero attached hydrogens (tertiary/aromatic N) is 1. The van der Waals surface area contributed by atoms with E-state index in [2.05, 4.69) is 0 Å². The second kappa shape index (κ2) is 6.09. The molecule has 1 fully saturated rings. The maximum Gasteiger partial charge on any atom is 0.326 e. The second-order valence-corrected chi connectivity index (χ2v) is 4.92. The molecule has 2 rings (SSSR count). The Hall–Kier alpha value is -2.15. The van der Waals surface area contributed by atoms with E-state index in [0.29, 0.717) is 0 Å². The predicted molar refractivity (Wildman–Crippen MR) is 70.3 cm³/mol. The number of aliphatic hydroxyl groups excluding tert-OH is 1. The van der Waals surface area contributed by atoms with E-state index in [9.17, 15) is 19.1 Å². The number of carbonyl (C=O) groups excluding carboxylic acids is 1. The summed E-state index contributed by atoms with van der Waals surface area (Å²) in [5, 5.41) is 18.6. The summed E-state index contributed by atoms with van der Waals surface area (Å²) in [5.41, 5.74) is 0. The van der Waals surface area contributed by atoms with Crippen LogP contribution in [0.1, 0.15) is 13.3 Å². The molecule has 1 aromatic carbocycles. The van der Waals surface area contributed by atoms with Crippen LogP contribution in [-0.2, 0) is 9.59 Å². The minimum Gasteiger partial charge on any atom is -0.480 e. The molecule has 21 heavy (non-hydrogen) atoms.